The molecule has 1 aromatic carbocycles. The summed E-state index contributed by atoms with van der Waals surface area (Å²) in [7, 11) is 0. The van der Waals surface area contributed by atoms with Gasteiger partial charge in [-0.15, -0.1) is 0 Å². The average molecular weight is 336 g/mol. The second-order valence-electron chi connectivity index (χ2n) is 5.26. The van der Waals surface area contributed by atoms with Crippen LogP contribution < -0.4 is 4.90 Å². The van der Waals surface area contributed by atoms with Crippen molar-refractivity contribution in [1.29, 1.82) is 0 Å². The minimum atomic E-state index is 0.736. The molecule has 0 aliphatic heterocycles. The van der Waals surface area contributed by atoms with Gasteiger partial charge in [0.05, 0.1) is 0 Å². The third-order valence-electron chi connectivity index (χ3n) is 3.61. The number of hydrogen-bond donors (Lipinski definition) is 0. The van der Waals surface area contributed by atoms with Gasteiger partial charge in [-0.3, -0.25) is 0 Å². The van der Waals surface area contributed by atoms with E-state index >= 15 is 0 Å². The van der Waals surface area contributed by atoms with Crippen LogP contribution in [0, 0.1) is 6.92 Å². The molecule has 0 spiro atoms. The third-order valence-corrected chi connectivity index (χ3v) is 4.95. The molecular formula is C16H18BrNS. The van der Waals surface area contributed by atoms with Gasteiger partial charge < -0.3 is 4.90 Å². The van der Waals surface area contributed by atoms with Gasteiger partial charge >= 0.3 is 0 Å². The van der Waals surface area contributed by atoms with Crippen LogP contribution in [0.4, 0.5) is 5.69 Å². The topological polar surface area (TPSA) is 3.24 Å². The van der Waals surface area contributed by atoms with Gasteiger partial charge in [-0.1, -0.05) is 33.6 Å². The summed E-state index contributed by atoms with van der Waals surface area (Å²) in [4.78, 5) is 2.58. The largest absolute Gasteiger partial charge is 0.364 e. The Morgan fingerprint density at radius 2 is 2.16 bits per heavy atom. The number of benzene rings is 1. The molecule has 0 amide bonds. The third kappa shape index (κ3) is 3.03. The summed E-state index contributed by atoms with van der Waals surface area (Å²) in [6, 6.07) is 9.79. The molecule has 1 heterocycles. The van der Waals surface area contributed by atoms with Crippen molar-refractivity contribution in [2.24, 2.45) is 0 Å². The predicted octanol–water partition coefficient (Wildman–Crippen LogP) is 5.12. The highest BCUT2D eigenvalue weighted by molar-refractivity contribution is 9.08. The monoisotopic (exact) mass is 335 g/mol. The molecule has 0 saturated heterocycles. The number of hydrogen-bond acceptors (Lipinski definition) is 2. The molecular weight excluding hydrogens is 318 g/mol. The maximum Gasteiger partial charge on any atom is 0.0440 e. The Kier molecular flexibility index (Phi) is 3.94. The maximum absolute atomic E-state index is 3.63. The van der Waals surface area contributed by atoms with Crippen LogP contribution in [0.2, 0.25) is 0 Å². The molecule has 1 aliphatic rings. The van der Waals surface area contributed by atoms with Crippen molar-refractivity contribution in [2.45, 2.75) is 37.7 Å². The Morgan fingerprint density at radius 3 is 2.79 bits per heavy atom. The zero-order valence-corrected chi connectivity index (χ0v) is 13.5. The van der Waals surface area contributed by atoms with E-state index in [9.17, 15) is 0 Å². The van der Waals surface area contributed by atoms with Crippen LogP contribution >= 0.6 is 27.3 Å². The highest BCUT2D eigenvalue weighted by Gasteiger charge is 2.30. The average Bonchev–Trinajstić information content (AvgIpc) is 3.13. The Bertz CT molecular complexity index is 546. The predicted molar refractivity (Wildman–Crippen MR) is 87.3 cm³/mol. The Labute approximate surface area is 127 Å². The van der Waals surface area contributed by atoms with Crippen LogP contribution in [-0.2, 0) is 11.9 Å². The summed E-state index contributed by atoms with van der Waals surface area (Å²) in [5, 5.41) is 5.36. The molecule has 1 aliphatic carbocycles. The summed E-state index contributed by atoms with van der Waals surface area (Å²) in [6.45, 7) is 3.20. The molecule has 1 saturated carbocycles. The number of halogens is 1. The van der Waals surface area contributed by atoms with Crippen LogP contribution in [-0.4, -0.2) is 6.04 Å². The van der Waals surface area contributed by atoms with E-state index < -0.39 is 0 Å². The van der Waals surface area contributed by atoms with E-state index in [0.29, 0.717) is 0 Å². The Balaban J connectivity index is 1.91. The van der Waals surface area contributed by atoms with E-state index in [2.05, 4.69) is 62.8 Å². The summed E-state index contributed by atoms with van der Waals surface area (Å²) < 4.78 is 0. The minimum absolute atomic E-state index is 0.736. The molecule has 0 N–H and O–H groups in total. The van der Waals surface area contributed by atoms with Gasteiger partial charge in [-0.05, 0) is 53.8 Å². The van der Waals surface area contributed by atoms with Crippen molar-refractivity contribution in [2.75, 3.05) is 4.90 Å². The van der Waals surface area contributed by atoms with Crippen molar-refractivity contribution in [1.82, 2.24) is 0 Å². The zero-order valence-electron chi connectivity index (χ0n) is 11.1. The molecule has 0 bridgehead atoms. The number of alkyl halides is 1. The van der Waals surface area contributed by atoms with Crippen LogP contribution in [0.15, 0.2) is 35.0 Å². The maximum atomic E-state index is 3.63. The van der Waals surface area contributed by atoms with Crippen LogP contribution in [0.25, 0.3) is 0 Å². The molecule has 2 aromatic rings. The number of rotatable bonds is 5. The first-order chi connectivity index (χ1) is 9.28. The van der Waals surface area contributed by atoms with Gasteiger partial charge in [0.15, 0.2) is 0 Å². The van der Waals surface area contributed by atoms with Crippen LogP contribution in [0.5, 0.6) is 0 Å². The number of nitrogens with zero attached hydrogens (tertiary/aromatic N) is 1. The molecule has 0 unspecified atom stereocenters. The van der Waals surface area contributed by atoms with Gasteiger partial charge in [-0.25, -0.2) is 0 Å². The molecule has 3 rings (SSSR count). The smallest absolute Gasteiger partial charge is 0.0440 e. The normalized spacial score (nSPS) is 14.6. The fourth-order valence-corrected chi connectivity index (χ4v) is 3.59. The summed E-state index contributed by atoms with van der Waals surface area (Å²) in [5.74, 6) is 0. The van der Waals surface area contributed by atoms with Crippen molar-refractivity contribution in [3.8, 4) is 0 Å². The molecule has 1 fully saturated rings. The van der Waals surface area contributed by atoms with Gasteiger partial charge in [0.2, 0.25) is 0 Å². The van der Waals surface area contributed by atoms with Crippen molar-refractivity contribution in [3.05, 3.63) is 51.7 Å². The fraction of sp³-hybridized carbons (Fsp3) is 0.375. The van der Waals surface area contributed by atoms with Crippen LogP contribution in [0.3, 0.4) is 0 Å². The quantitative estimate of drug-likeness (QED) is 0.685. The van der Waals surface area contributed by atoms with E-state index in [1.54, 1.807) is 11.3 Å². The molecule has 19 heavy (non-hydrogen) atoms. The highest BCUT2D eigenvalue weighted by atomic mass is 79.9. The first-order valence-corrected chi connectivity index (χ1v) is 8.77. The first-order valence-electron chi connectivity index (χ1n) is 6.71. The minimum Gasteiger partial charge on any atom is -0.364 e. The van der Waals surface area contributed by atoms with Crippen molar-refractivity contribution < 1.29 is 0 Å². The molecule has 1 aromatic heterocycles. The van der Waals surface area contributed by atoms with Crippen molar-refractivity contribution >= 4 is 33.0 Å². The number of anilines is 1. The Hall–Kier alpha value is -0.800. The van der Waals surface area contributed by atoms with Crippen molar-refractivity contribution in [3.63, 3.8) is 0 Å². The first kappa shape index (κ1) is 13.2. The van der Waals surface area contributed by atoms with E-state index in [0.717, 1.165) is 17.9 Å². The lowest BCUT2D eigenvalue weighted by molar-refractivity contribution is 0.792. The van der Waals surface area contributed by atoms with Gasteiger partial charge in [0, 0.05) is 23.6 Å². The van der Waals surface area contributed by atoms with E-state index in [1.165, 1.54) is 35.2 Å². The Morgan fingerprint density at radius 1 is 1.32 bits per heavy atom. The van der Waals surface area contributed by atoms with E-state index in [-0.39, 0.29) is 0 Å². The summed E-state index contributed by atoms with van der Waals surface area (Å²) in [6.07, 6.45) is 2.67. The lowest BCUT2D eigenvalue weighted by atomic mass is 10.1. The molecule has 100 valence electrons. The lowest BCUT2D eigenvalue weighted by Crippen LogP contribution is -2.25. The summed E-state index contributed by atoms with van der Waals surface area (Å²) >= 11 is 5.42. The van der Waals surface area contributed by atoms with Gasteiger partial charge in [0.1, 0.15) is 0 Å². The van der Waals surface area contributed by atoms with Crippen LogP contribution in [0.1, 0.15) is 29.5 Å². The van der Waals surface area contributed by atoms with E-state index in [1.807, 2.05) is 0 Å². The molecule has 1 nitrogen and oxygen atoms in total. The second-order valence-corrected chi connectivity index (χ2v) is 6.60. The molecule has 0 atom stereocenters. The number of aryl methyl sites for hydroxylation is 1. The second kappa shape index (κ2) is 5.68. The lowest BCUT2D eigenvalue weighted by Gasteiger charge is -2.27. The molecule has 3 heteroatoms. The zero-order chi connectivity index (χ0) is 13.2. The van der Waals surface area contributed by atoms with Gasteiger partial charge in [-0.2, -0.15) is 11.3 Å². The highest BCUT2D eigenvalue weighted by Crippen LogP contribution is 2.36. The number of thiophene rings is 1. The fourth-order valence-electron chi connectivity index (χ4n) is 2.48. The summed E-state index contributed by atoms with van der Waals surface area (Å²) in [5.41, 5.74) is 5.57. The molecule has 0 radical (unpaired) electrons. The van der Waals surface area contributed by atoms with E-state index in [4.69, 9.17) is 0 Å². The SMILES string of the molecule is Cc1ccc(N(Cc2ccsc2)C2CC2)c(CBr)c1. The van der Waals surface area contributed by atoms with Gasteiger partial charge in [0.25, 0.3) is 0 Å². The standard InChI is InChI=1S/C16H18BrNS/c1-12-2-5-16(14(8-12)9-17)18(15-3-4-15)10-13-6-7-19-11-13/h2,5-8,11,15H,3-4,9-10H2,1H3.